The van der Waals surface area contributed by atoms with Crippen molar-refractivity contribution < 1.29 is 13.6 Å². The molecule has 0 unspecified atom stereocenters. The van der Waals surface area contributed by atoms with Gasteiger partial charge in [0, 0.05) is 8.95 Å². The van der Waals surface area contributed by atoms with Gasteiger partial charge in [-0.3, -0.25) is 9.82 Å². The molecule has 0 spiro atoms. The summed E-state index contributed by atoms with van der Waals surface area (Å²) in [6.07, 6.45) is 1.24. The maximum atomic E-state index is 12.4. The molecule has 0 aliphatic rings. The Morgan fingerprint density at radius 1 is 1.43 bits per heavy atom. The normalized spacial score (nSPS) is 12.4. The van der Waals surface area contributed by atoms with Crippen LogP contribution in [0.1, 0.15) is 5.56 Å². The number of anilines is 1. The predicted octanol–water partition coefficient (Wildman–Crippen LogP) is 1.83. The highest BCUT2D eigenvalue weighted by molar-refractivity contribution is 9.11. The second kappa shape index (κ2) is 6.03. The van der Waals surface area contributed by atoms with Crippen molar-refractivity contribution in [1.29, 1.82) is 0 Å². The molecule has 0 atom stereocenters. The summed E-state index contributed by atoms with van der Waals surface area (Å²) in [7, 11) is -3.89. The first-order valence-corrected chi connectivity index (χ1v) is 8.41. The van der Waals surface area contributed by atoms with E-state index >= 15 is 0 Å². The fraction of sp³-hybridized carbons (Fsp3) is 0. The van der Waals surface area contributed by atoms with Gasteiger partial charge in [0.25, 0.3) is 10.0 Å². The maximum absolute atomic E-state index is 12.4. The Morgan fingerprint density at radius 2 is 2.14 bits per heavy atom. The minimum Gasteiger partial charge on any atom is -0.409 e. The van der Waals surface area contributed by atoms with E-state index in [-0.39, 0.29) is 22.1 Å². The lowest BCUT2D eigenvalue weighted by Gasteiger charge is -2.09. The van der Waals surface area contributed by atoms with Crippen LogP contribution in [0.25, 0.3) is 0 Å². The fourth-order valence-corrected chi connectivity index (χ4v) is 4.02. The van der Waals surface area contributed by atoms with Crippen molar-refractivity contribution in [2.24, 2.45) is 10.9 Å². The Morgan fingerprint density at radius 3 is 2.81 bits per heavy atom. The third-order valence-corrected chi connectivity index (χ3v) is 5.28. The van der Waals surface area contributed by atoms with Gasteiger partial charge in [0.15, 0.2) is 5.84 Å². The largest absolute Gasteiger partial charge is 0.409 e. The van der Waals surface area contributed by atoms with E-state index in [0.29, 0.717) is 8.95 Å². The van der Waals surface area contributed by atoms with Gasteiger partial charge in [0.1, 0.15) is 10.7 Å². The van der Waals surface area contributed by atoms with Crippen molar-refractivity contribution in [2.45, 2.75) is 4.90 Å². The van der Waals surface area contributed by atoms with Crippen LogP contribution in [0, 0.1) is 0 Å². The smallest absolute Gasteiger partial charge is 0.264 e. The van der Waals surface area contributed by atoms with Crippen molar-refractivity contribution in [1.82, 2.24) is 10.2 Å². The Labute approximate surface area is 136 Å². The standard InChI is InChI=1S/C10H9Br2N5O3S/c11-5-1-2-7(12)8(3-5)21(19,20)17-10-6(4-14-15-10)9(13)16-18/h1-4,18H,(H2,13,16)(H2,14,15,17). The van der Waals surface area contributed by atoms with Gasteiger partial charge < -0.3 is 10.9 Å². The molecule has 0 saturated carbocycles. The second-order valence-corrected chi connectivity index (χ2v) is 7.24. The molecular weight excluding hydrogens is 430 g/mol. The summed E-state index contributed by atoms with van der Waals surface area (Å²) in [6, 6.07) is 4.73. The average Bonchev–Trinajstić information content (AvgIpc) is 2.87. The number of aromatic amines is 1. The fourth-order valence-electron chi connectivity index (χ4n) is 1.48. The van der Waals surface area contributed by atoms with Crippen LogP contribution in [-0.2, 0) is 10.0 Å². The van der Waals surface area contributed by atoms with Crippen molar-refractivity contribution in [2.75, 3.05) is 4.72 Å². The van der Waals surface area contributed by atoms with Crippen molar-refractivity contribution >= 4 is 53.5 Å². The highest BCUT2D eigenvalue weighted by atomic mass is 79.9. The summed E-state index contributed by atoms with van der Waals surface area (Å²) >= 11 is 6.39. The molecule has 0 aliphatic carbocycles. The third kappa shape index (κ3) is 3.36. The number of aromatic nitrogens is 2. The van der Waals surface area contributed by atoms with Crippen molar-refractivity contribution in [3.63, 3.8) is 0 Å². The number of amidine groups is 1. The highest BCUT2D eigenvalue weighted by Gasteiger charge is 2.21. The molecule has 0 saturated heterocycles. The Hall–Kier alpha value is -1.59. The molecule has 0 aliphatic heterocycles. The monoisotopic (exact) mass is 437 g/mol. The SMILES string of the molecule is NC(=NO)c1cn[nH]c1NS(=O)(=O)c1cc(Br)ccc1Br. The van der Waals surface area contributed by atoms with Crippen LogP contribution in [0.15, 0.2) is 43.4 Å². The number of nitrogens with two attached hydrogens (primary N) is 1. The Kier molecular flexibility index (Phi) is 4.54. The summed E-state index contributed by atoms with van der Waals surface area (Å²) < 4.78 is 28.1. The van der Waals surface area contributed by atoms with Gasteiger partial charge in [-0.15, -0.1) is 0 Å². The molecule has 2 aromatic rings. The zero-order valence-electron chi connectivity index (χ0n) is 10.2. The number of hydrogen-bond acceptors (Lipinski definition) is 5. The minimum absolute atomic E-state index is 0.00262. The Balaban J connectivity index is 2.43. The van der Waals surface area contributed by atoms with Gasteiger partial charge >= 0.3 is 0 Å². The number of H-pyrrole nitrogens is 1. The van der Waals surface area contributed by atoms with Crippen molar-refractivity contribution in [3.05, 3.63) is 38.9 Å². The zero-order chi connectivity index (χ0) is 15.6. The molecule has 21 heavy (non-hydrogen) atoms. The first-order chi connectivity index (χ1) is 9.85. The molecule has 2 rings (SSSR count). The van der Waals surface area contributed by atoms with Crippen LogP contribution in [-0.4, -0.2) is 29.7 Å². The van der Waals surface area contributed by atoms with Gasteiger partial charge in [0.05, 0.1) is 11.8 Å². The van der Waals surface area contributed by atoms with Crippen LogP contribution in [0.2, 0.25) is 0 Å². The van der Waals surface area contributed by atoms with Gasteiger partial charge in [-0.1, -0.05) is 21.1 Å². The lowest BCUT2D eigenvalue weighted by atomic mass is 10.3. The lowest BCUT2D eigenvalue weighted by Crippen LogP contribution is -2.19. The third-order valence-electron chi connectivity index (χ3n) is 2.44. The van der Waals surface area contributed by atoms with E-state index in [4.69, 9.17) is 10.9 Å². The van der Waals surface area contributed by atoms with Gasteiger partial charge in [-0.2, -0.15) is 5.10 Å². The number of benzene rings is 1. The quantitative estimate of drug-likeness (QED) is 0.250. The molecule has 1 aromatic carbocycles. The minimum atomic E-state index is -3.89. The van der Waals surface area contributed by atoms with Crippen molar-refractivity contribution in [3.8, 4) is 0 Å². The van der Waals surface area contributed by atoms with Gasteiger partial charge in [0.2, 0.25) is 0 Å². The van der Waals surface area contributed by atoms with E-state index in [0.717, 1.165) is 0 Å². The topological polar surface area (TPSA) is 133 Å². The summed E-state index contributed by atoms with van der Waals surface area (Å²) in [5.41, 5.74) is 5.57. The molecule has 1 aromatic heterocycles. The van der Waals surface area contributed by atoms with Crippen LogP contribution in [0.3, 0.4) is 0 Å². The second-order valence-electron chi connectivity index (χ2n) is 3.82. The van der Waals surface area contributed by atoms with E-state index in [1.807, 2.05) is 0 Å². The van der Waals surface area contributed by atoms with Gasteiger partial charge in [-0.25, -0.2) is 8.42 Å². The van der Waals surface area contributed by atoms with Crippen LogP contribution < -0.4 is 10.5 Å². The molecular formula is C10H9Br2N5O3S. The van der Waals surface area contributed by atoms with E-state index in [1.165, 1.54) is 12.3 Å². The molecule has 5 N–H and O–H groups in total. The van der Waals surface area contributed by atoms with Gasteiger partial charge in [-0.05, 0) is 34.1 Å². The molecule has 8 nitrogen and oxygen atoms in total. The molecule has 0 bridgehead atoms. The zero-order valence-corrected chi connectivity index (χ0v) is 14.2. The number of halogens is 2. The van der Waals surface area contributed by atoms with Crippen LogP contribution in [0.4, 0.5) is 5.82 Å². The maximum Gasteiger partial charge on any atom is 0.264 e. The number of rotatable bonds is 4. The molecule has 1 heterocycles. The van der Waals surface area contributed by atoms with Crippen LogP contribution >= 0.6 is 31.9 Å². The first-order valence-electron chi connectivity index (χ1n) is 5.34. The first kappa shape index (κ1) is 15.8. The predicted molar refractivity (Wildman–Crippen MR) is 83.7 cm³/mol. The number of nitrogens with one attached hydrogen (secondary N) is 2. The number of hydrogen-bond donors (Lipinski definition) is 4. The summed E-state index contributed by atoms with van der Waals surface area (Å²) in [6.45, 7) is 0. The molecule has 0 radical (unpaired) electrons. The Bertz CT molecular complexity index is 803. The number of oxime groups is 1. The average molecular weight is 439 g/mol. The highest BCUT2D eigenvalue weighted by Crippen LogP contribution is 2.27. The summed E-state index contributed by atoms with van der Waals surface area (Å²) in [4.78, 5) is 0.0249. The molecule has 0 amide bonds. The van der Waals surface area contributed by atoms with Crippen LogP contribution in [0.5, 0.6) is 0 Å². The molecule has 112 valence electrons. The number of sulfonamides is 1. The lowest BCUT2D eigenvalue weighted by molar-refractivity contribution is 0.318. The number of nitrogens with zero attached hydrogens (tertiary/aromatic N) is 2. The van der Waals surface area contributed by atoms with E-state index in [9.17, 15) is 8.42 Å². The molecule has 0 fully saturated rings. The van der Waals surface area contributed by atoms with E-state index in [1.54, 1.807) is 12.1 Å². The van der Waals surface area contributed by atoms with E-state index < -0.39 is 10.0 Å². The summed E-state index contributed by atoms with van der Waals surface area (Å²) in [5, 5.41) is 17.6. The van der Waals surface area contributed by atoms with E-state index in [2.05, 4.69) is 51.9 Å². The summed E-state index contributed by atoms with van der Waals surface area (Å²) in [5.74, 6) is -0.271. The molecule has 11 heteroatoms.